The van der Waals surface area contributed by atoms with Crippen molar-refractivity contribution in [2.45, 2.75) is 77.0 Å². The lowest BCUT2D eigenvalue weighted by Gasteiger charge is -2.35. The Kier molecular flexibility index (Phi) is 7.80. The maximum absolute atomic E-state index is 13.9. The smallest absolute Gasteiger partial charge is 0.252 e. The second-order valence-corrected chi connectivity index (χ2v) is 12.5. The molecule has 3 amide bonds. The molecule has 3 atom stereocenters. The third-order valence-electron chi connectivity index (χ3n) is 8.24. The second kappa shape index (κ2) is 11.1. The van der Waals surface area contributed by atoms with Crippen LogP contribution in [0.5, 0.6) is 0 Å². The van der Waals surface area contributed by atoms with Crippen molar-refractivity contribution >= 4 is 23.5 Å². The number of pyridine rings is 1. The van der Waals surface area contributed by atoms with Crippen LogP contribution < -0.4 is 16.0 Å². The maximum atomic E-state index is 13.9. The van der Waals surface area contributed by atoms with Crippen molar-refractivity contribution in [1.82, 2.24) is 30.2 Å². The Morgan fingerprint density at radius 3 is 2.55 bits per heavy atom. The molecule has 4 heterocycles. The molecule has 2 saturated heterocycles. The summed E-state index contributed by atoms with van der Waals surface area (Å²) in [6, 6.07) is 1.99. The molecule has 0 bridgehead atoms. The quantitative estimate of drug-likeness (QED) is 0.441. The van der Waals surface area contributed by atoms with E-state index in [-0.39, 0.29) is 30.7 Å². The largest absolute Gasteiger partial charge is 0.391 e. The van der Waals surface area contributed by atoms with E-state index in [1.54, 1.807) is 23.0 Å². The zero-order valence-electron chi connectivity index (χ0n) is 23.5. The number of nitrogens with zero attached hydrogens (tertiary/aromatic N) is 6. The van der Waals surface area contributed by atoms with Gasteiger partial charge in [0.1, 0.15) is 17.9 Å². The molecule has 2 aromatic heterocycles. The van der Waals surface area contributed by atoms with Gasteiger partial charge in [0.05, 0.1) is 17.4 Å². The monoisotopic (exact) mass is 552 g/mol. The first kappa shape index (κ1) is 28.0. The number of aromatic nitrogens is 4. The summed E-state index contributed by atoms with van der Waals surface area (Å²) < 4.78 is 1.63. The van der Waals surface area contributed by atoms with E-state index in [0.717, 1.165) is 31.4 Å². The van der Waals surface area contributed by atoms with Crippen molar-refractivity contribution in [2.75, 3.05) is 31.1 Å². The lowest BCUT2D eigenvalue weighted by Crippen LogP contribution is -2.51. The lowest BCUT2D eigenvalue weighted by molar-refractivity contribution is -0.144. The first-order valence-electron chi connectivity index (χ1n) is 14.2. The molecule has 216 valence electrons. The molecule has 0 spiro atoms. The normalized spacial score (nSPS) is 22.8. The number of nitrogens with two attached hydrogens (primary N) is 1. The predicted octanol–water partition coefficient (Wildman–Crippen LogP) is 1.23. The summed E-state index contributed by atoms with van der Waals surface area (Å²) in [7, 11) is 0. The molecule has 4 N–H and O–H groups in total. The van der Waals surface area contributed by atoms with Crippen LogP contribution in [-0.2, 0) is 9.59 Å². The van der Waals surface area contributed by atoms with E-state index >= 15 is 0 Å². The number of nitrogens with one attached hydrogen (secondary N) is 1. The molecule has 0 radical (unpaired) electrons. The van der Waals surface area contributed by atoms with Gasteiger partial charge in [0.15, 0.2) is 0 Å². The van der Waals surface area contributed by atoms with Gasteiger partial charge >= 0.3 is 0 Å². The van der Waals surface area contributed by atoms with Crippen LogP contribution in [0.25, 0.3) is 0 Å². The summed E-state index contributed by atoms with van der Waals surface area (Å²) >= 11 is 0. The van der Waals surface area contributed by atoms with E-state index in [0.29, 0.717) is 36.9 Å². The van der Waals surface area contributed by atoms with Gasteiger partial charge in [-0.3, -0.25) is 14.4 Å². The Morgan fingerprint density at radius 1 is 1.18 bits per heavy atom. The maximum Gasteiger partial charge on any atom is 0.252 e. The summed E-state index contributed by atoms with van der Waals surface area (Å²) in [5, 5.41) is 22.1. The molecular formula is C28H40N8O4. The van der Waals surface area contributed by atoms with E-state index in [2.05, 4.69) is 25.5 Å². The number of likely N-dealkylation sites (tertiary alicyclic amines) is 1. The SMILES string of the molecule is CC(C)(C)[C@@H](C(=O)N1C[C@H](O)C[C@H]1C(=O)NCC1CCN(c2ncccc2C(N)=O)CC1)n1cc(C2CC2)nn1. The summed E-state index contributed by atoms with van der Waals surface area (Å²) in [4.78, 5) is 47.0. The zero-order valence-corrected chi connectivity index (χ0v) is 23.5. The fourth-order valence-electron chi connectivity index (χ4n) is 5.88. The Bertz CT molecular complexity index is 1240. The highest BCUT2D eigenvalue weighted by Crippen LogP contribution is 2.40. The van der Waals surface area contributed by atoms with Gasteiger partial charge in [-0.2, -0.15) is 0 Å². The molecule has 0 unspecified atom stereocenters. The Hall–Kier alpha value is -3.54. The summed E-state index contributed by atoms with van der Waals surface area (Å²) in [5.74, 6) is 0.267. The first-order chi connectivity index (χ1) is 19.0. The van der Waals surface area contributed by atoms with Gasteiger partial charge in [-0.1, -0.05) is 26.0 Å². The van der Waals surface area contributed by atoms with Crippen LogP contribution in [0.3, 0.4) is 0 Å². The molecule has 0 aromatic carbocycles. The third kappa shape index (κ3) is 5.96. The number of primary amides is 1. The number of aliphatic hydroxyl groups excluding tert-OH is 1. The lowest BCUT2D eigenvalue weighted by atomic mass is 9.85. The van der Waals surface area contributed by atoms with Crippen molar-refractivity contribution in [2.24, 2.45) is 17.1 Å². The fraction of sp³-hybridized carbons (Fsp3) is 0.643. The van der Waals surface area contributed by atoms with E-state index in [1.807, 2.05) is 27.0 Å². The van der Waals surface area contributed by atoms with Gasteiger partial charge in [0.2, 0.25) is 11.8 Å². The molecular weight excluding hydrogens is 512 g/mol. The molecule has 12 nitrogen and oxygen atoms in total. The molecule has 3 fully saturated rings. The predicted molar refractivity (Wildman–Crippen MR) is 147 cm³/mol. The van der Waals surface area contributed by atoms with Gasteiger partial charge in [-0.05, 0) is 49.1 Å². The van der Waals surface area contributed by atoms with Crippen molar-refractivity contribution in [3.05, 3.63) is 35.8 Å². The number of rotatable bonds is 8. The fourth-order valence-corrected chi connectivity index (χ4v) is 5.88. The third-order valence-corrected chi connectivity index (χ3v) is 8.24. The first-order valence-corrected chi connectivity index (χ1v) is 14.2. The average molecular weight is 553 g/mol. The van der Waals surface area contributed by atoms with E-state index in [9.17, 15) is 19.5 Å². The number of β-amino-alcohol motifs (C(OH)–C–C–N with tert-alkyl or cyclic N) is 1. The second-order valence-electron chi connectivity index (χ2n) is 12.5. The molecule has 2 aromatic rings. The van der Waals surface area contributed by atoms with E-state index < -0.39 is 29.5 Å². The highest BCUT2D eigenvalue weighted by molar-refractivity contribution is 5.97. The Morgan fingerprint density at radius 2 is 1.90 bits per heavy atom. The molecule has 12 heteroatoms. The molecule has 1 aliphatic carbocycles. The standard InChI is InChI=1S/C28H40N8O4/c1-28(2,3)23(36-16-21(32-33-36)18-6-7-18)27(40)35-15-19(37)13-22(35)26(39)31-14-17-8-11-34(12-9-17)25-20(24(29)38)5-4-10-30-25/h4-5,10,16-19,22-23,37H,6-9,11-15H2,1-3H3,(H2,29,38)(H,31,39)/t19-,22+,23-/m1/s1. The van der Waals surface area contributed by atoms with Gasteiger partial charge < -0.3 is 26.0 Å². The van der Waals surface area contributed by atoms with Crippen molar-refractivity contribution in [3.8, 4) is 0 Å². The van der Waals surface area contributed by atoms with Gasteiger partial charge in [0, 0.05) is 50.9 Å². The number of amides is 3. The molecule has 40 heavy (non-hydrogen) atoms. The van der Waals surface area contributed by atoms with E-state index in [1.165, 1.54) is 4.90 Å². The minimum atomic E-state index is -0.765. The van der Waals surface area contributed by atoms with Crippen LogP contribution in [0.1, 0.15) is 80.9 Å². The van der Waals surface area contributed by atoms with Crippen LogP contribution in [0.4, 0.5) is 5.82 Å². The Balaban J connectivity index is 1.20. The topological polar surface area (TPSA) is 160 Å². The Labute approximate surface area is 234 Å². The molecule has 3 aliphatic rings. The van der Waals surface area contributed by atoms with Crippen LogP contribution in [0.2, 0.25) is 0 Å². The van der Waals surface area contributed by atoms with Crippen LogP contribution in [-0.4, -0.2) is 86.0 Å². The van der Waals surface area contributed by atoms with Gasteiger partial charge in [-0.15, -0.1) is 5.10 Å². The minimum absolute atomic E-state index is 0.109. The van der Waals surface area contributed by atoms with E-state index in [4.69, 9.17) is 5.73 Å². The van der Waals surface area contributed by atoms with Gasteiger partial charge in [-0.25, -0.2) is 9.67 Å². The summed E-state index contributed by atoms with van der Waals surface area (Å²) in [5.41, 5.74) is 6.34. The number of carbonyl (C=O) groups is 3. The van der Waals surface area contributed by atoms with Crippen molar-refractivity contribution in [3.63, 3.8) is 0 Å². The summed E-state index contributed by atoms with van der Waals surface area (Å²) in [6.07, 6.45) is 6.74. The number of hydrogen-bond donors (Lipinski definition) is 3. The number of hydrogen-bond acceptors (Lipinski definition) is 8. The average Bonchev–Trinajstić information content (AvgIpc) is 3.53. The highest BCUT2D eigenvalue weighted by atomic mass is 16.3. The highest BCUT2D eigenvalue weighted by Gasteiger charge is 2.45. The number of anilines is 1. The van der Waals surface area contributed by atoms with Gasteiger partial charge in [0.25, 0.3) is 5.91 Å². The number of piperidine rings is 1. The van der Waals surface area contributed by atoms with Crippen LogP contribution in [0.15, 0.2) is 24.5 Å². The van der Waals surface area contributed by atoms with Crippen molar-refractivity contribution in [1.29, 1.82) is 0 Å². The molecule has 1 saturated carbocycles. The van der Waals surface area contributed by atoms with Crippen LogP contribution in [0, 0.1) is 11.3 Å². The molecule has 5 rings (SSSR count). The molecule has 2 aliphatic heterocycles. The zero-order chi connectivity index (χ0) is 28.6. The number of carbonyl (C=O) groups excluding carboxylic acids is 3. The van der Waals surface area contributed by atoms with Crippen LogP contribution >= 0.6 is 0 Å². The summed E-state index contributed by atoms with van der Waals surface area (Å²) in [6.45, 7) is 7.89. The minimum Gasteiger partial charge on any atom is -0.391 e. The van der Waals surface area contributed by atoms with Crippen molar-refractivity contribution < 1.29 is 19.5 Å². The number of aliphatic hydroxyl groups is 1.